The number of aliphatic hydroxyl groups excluding tert-OH is 1. The second kappa shape index (κ2) is 2.52. The normalized spacial score (nSPS) is 5.00. The van der Waals surface area contributed by atoms with Gasteiger partial charge in [-0.25, -0.2) is 0 Å². The minimum absolute atomic E-state index is 0.153. The molecule has 0 heterocycles. The zero-order chi connectivity index (χ0) is 3.41. The van der Waals surface area contributed by atoms with Crippen LogP contribution in [0.4, 0.5) is 0 Å². The van der Waals surface area contributed by atoms with E-state index in [0.717, 1.165) is 0 Å². The third-order valence-electron chi connectivity index (χ3n) is 0.0913. The van der Waals surface area contributed by atoms with Crippen molar-refractivity contribution in [2.75, 3.05) is 6.61 Å². The molecule has 0 saturated heterocycles. The van der Waals surface area contributed by atoms with Gasteiger partial charge < -0.3 is 5.11 Å². The summed E-state index contributed by atoms with van der Waals surface area (Å²) in [5.74, 6) is 1.99. The highest BCUT2D eigenvalue weighted by atomic mass is 16.3. The van der Waals surface area contributed by atoms with E-state index in [9.17, 15) is 0 Å². The van der Waals surface area contributed by atoms with E-state index in [1.165, 1.54) is 0 Å². The van der Waals surface area contributed by atoms with Gasteiger partial charge in [-0.3, -0.25) is 0 Å². The topological polar surface area (TPSA) is 20.2 Å². The summed E-state index contributed by atoms with van der Waals surface area (Å²) in [7, 11) is 0. The molecule has 0 bridgehead atoms. The van der Waals surface area contributed by atoms with E-state index in [-0.39, 0.29) is 6.61 Å². The molecule has 1 nitrogen and oxygen atoms in total. The minimum Gasteiger partial charge on any atom is -0.384 e. The first-order valence-electron chi connectivity index (χ1n) is 0.958. The molecule has 0 radical (unpaired) electrons. The van der Waals surface area contributed by atoms with E-state index in [1.54, 1.807) is 0 Å². The fourth-order valence-corrected chi connectivity index (χ4v) is 0. The highest BCUT2D eigenvalue weighted by Gasteiger charge is 1.43. The predicted octanol–water partition coefficient (Wildman–Crippen LogP) is -0.388. The molecule has 0 spiro atoms. The van der Waals surface area contributed by atoms with Gasteiger partial charge in [-0.15, -0.1) is 6.42 Å². The van der Waals surface area contributed by atoms with Crippen LogP contribution in [-0.2, 0) is 0 Å². The molecular formula is C3H4O. The van der Waals surface area contributed by atoms with Gasteiger partial charge in [0.2, 0.25) is 0 Å². The molecule has 0 unspecified atom stereocenters. The van der Waals surface area contributed by atoms with E-state index >= 15 is 0 Å². The van der Waals surface area contributed by atoms with Crippen molar-refractivity contribution in [2.45, 2.75) is 0 Å². The van der Waals surface area contributed by atoms with Crippen molar-refractivity contribution < 1.29 is 5.11 Å². The molecular weight excluding hydrogens is 55.0 g/mol. The molecule has 0 aliphatic rings. The van der Waals surface area contributed by atoms with Gasteiger partial charge in [0.1, 0.15) is 6.61 Å². The average molecular weight is 59.0 g/mol. The summed E-state index contributed by atoms with van der Waals surface area (Å²) in [4.78, 5) is 0. The molecule has 0 aromatic heterocycles. The lowest BCUT2D eigenvalue weighted by Crippen LogP contribution is -1.64. The van der Waals surface area contributed by atoms with Crippen molar-refractivity contribution in [1.29, 1.82) is 0 Å². The first-order valence-corrected chi connectivity index (χ1v) is 0.958. The molecule has 22 valence electrons. The van der Waals surface area contributed by atoms with Crippen molar-refractivity contribution >= 4 is 0 Å². The Morgan fingerprint density at radius 3 is 2.25 bits per heavy atom. The number of aliphatic hydroxyl groups is 1. The van der Waals surface area contributed by atoms with Crippen molar-refractivity contribution in [1.82, 2.24) is 0 Å². The van der Waals surface area contributed by atoms with Crippen LogP contribution in [0.15, 0.2) is 0 Å². The Labute approximate surface area is 25.3 Å². The third-order valence-corrected chi connectivity index (χ3v) is 0.0913. The monoisotopic (exact) mass is 59.0 g/mol. The summed E-state index contributed by atoms with van der Waals surface area (Å²) in [5, 5.41) is 7.64. The molecule has 1 heteroatoms. The molecule has 0 aromatic rings. The fourth-order valence-electron chi connectivity index (χ4n) is 0. The molecule has 0 aliphatic heterocycles. The summed E-state index contributed by atoms with van der Waals surface area (Å²) in [6.07, 6.45) is 4.53. The third kappa shape index (κ3) is 1.52. The Kier molecular flexibility index (Phi) is 2.22. The maximum absolute atomic E-state index is 7.64. The van der Waals surface area contributed by atoms with Gasteiger partial charge in [0.15, 0.2) is 0 Å². The highest BCUT2D eigenvalue weighted by Crippen LogP contribution is 1.34. The van der Waals surface area contributed by atoms with Gasteiger partial charge in [0.05, 0.1) is 0 Å². The Balaban J connectivity index is 2.43. The zero-order valence-corrected chi connectivity index (χ0v) is 2.23. The van der Waals surface area contributed by atoms with Crippen molar-refractivity contribution in [3.05, 3.63) is 0 Å². The maximum atomic E-state index is 7.64. The lowest BCUT2D eigenvalue weighted by Gasteiger charge is -1.55. The van der Waals surface area contributed by atoms with E-state index in [4.69, 9.17) is 5.11 Å². The van der Waals surface area contributed by atoms with Crippen LogP contribution in [0.5, 0.6) is 0 Å². The molecule has 0 rings (SSSR count). The van der Waals surface area contributed by atoms with Crippen LogP contribution < -0.4 is 0 Å². The summed E-state index contributed by atoms with van der Waals surface area (Å²) in [6, 6.07) is 0. The van der Waals surface area contributed by atoms with Crippen LogP contribution in [-0.4, -0.2) is 11.7 Å². The molecule has 4 heavy (non-hydrogen) atoms. The van der Waals surface area contributed by atoms with Crippen molar-refractivity contribution in [3.63, 3.8) is 0 Å². The van der Waals surface area contributed by atoms with E-state index < -0.39 is 0 Å². The Morgan fingerprint density at radius 1 is 2.00 bits per heavy atom. The summed E-state index contributed by atoms with van der Waals surface area (Å²) in [5.41, 5.74) is 0. The smallest absolute Gasteiger partial charge is 0.103 e. The van der Waals surface area contributed by atoms with Gasteiger partial charge in [-0.05, 0) is 0 Å². The largest absolute Gasteiger partial charge is 0.384 e. The number of hydrogen-bond donors (Lipinski definition) is 1. The van der Waals surface area contributed by atoms with Crippen molar-refractivity contribution in [2.24, 2.45) is 0 Å². The van der Waals surface area contributed by atoms with Gasteiger partial charge >= 0.3 is 0 Å². The summed E-state index contributed by atoms with van der Waals surface area (Å²) in [6.45, 7) is -0.153. The number of rotatable bonds is 0. The maximum Gasteiger partial charge on any atom is 0.103 e. The van der Waals surface area contributed by atoms with Crippen LogP contribution >= 0.6 is 0 Å². The Hall–Kier alpha value is -0.480. The fraction of sp³-hybridized carbons (Fsp3) is 0.333. The minimum atomic E-state index is -0.153. The van der Waals surface area contributed by atoms with Gasteiger partial charge in [0.25, 0.3) is 0 Å². The van der Waals surface area contributed by atoms with Crippen LogP contribution in [0.1, 0.15) is 0 Å². The molecule has 0 atom stereocenters. The van der Waals surface area contributed by atoms with Gasteiger partial charge in [-0.2, -0.15) is 0 Å². The molecule has 0 amide bonds. The molecule has 0 fully saturated rings. The van der Waals surface area contributed by atoms with Crippen LogP contribution in [0.3, 0.4) is 0 Å². The van der Waals surface area contributed by atoms with Crippen LogP contribution in [0, 0.1) is 12.3 Å². The van der Waals surface area contributed by atoms with Gasteiger partial charge in [0, 0.05) is 0 Å². The van der Waals surface area contributed by atoms with E-state index in [1.807, 2.05) is 5.92 Å². The van der Waals surface area contributed by atoms with Gasteiger partial charge in [-0.1, -0.05) is 5.92 Å². The predicted molar refractivity (Wildman–Crippen MR) is 15.9 cm³/mol. The molecule has 1 N–H and O–H groups in total. The summed E-state index contributed by atoms with van der Waals surface area (Å²) >= 11 is 0. The first kappa shape index (κ1) is 3.52. The lowest BCUT2D eigenvalue weighted by molar-refractivity contribution is 0.351. The van der Waals surface area contributed by atoms with Crippen molar-refractivity contribution in [3.8, 4) is 12.3 Å². The average Bonchev–Trinajstić information content (AvgIpc) is 1.37. The molecule has 0 saturated carbocycles. The summed E-state index contributed by atoms with van der Waals surface area (Å²) < 4.78 is 0. The standard InChI is InChI=1S/C3H4O/c1-2-3-4/h1,4H,3H2/i1+1,2+1,3+1. The molecule has 0 aliphatic carbocycles. The zero-order valence-electron chi connectivity index (χ0n) is 2.23. The highest BCUT2D eigenvalue weighted by molar-refractivity contribution is 4.81. The van der Waals surface area contributed by atoms with E-state index in [0.29, 0.717) is 0 Å². The number of terminal acetylenes is 1. The van der Waals surface area contributed by atoms with E-state index in [2.05, 4.69) is 6.42 Å². The quantitative estimate of drug-likeness (QED) is 0.297. The SMILES string of the molecule is [13CH]#[13C][13CH2]O. The second-order valence-corrected chi connectivity index (χ2v) is 0.362. The first-order chi connectivity index (χ1) is 1.91. The van der Waals surface area contributed by atoms with Crippen LogP contribution in [0.25, 0.3) is 0 Å². The lowest BCUT2D eigenvalue weighted by atomic mass is 11.8. The molecule has 0 aromatic carbocycles. The Bertz CT molecular complexity index is 33.0. The Morgan fingerprint density at radius 2 is 2.25 bits per heavy atom. The second-order valence-electron chi connectivity index (χ2n) is 0.362. The van der Waals surface area contributed by atoms with Crippen LogP contribution in [0.2, 0.25) is 0 Å². The number of hydrogen-bond acceptors (Lipinski definition) is 1.